The van der Waals surface area contributed by atoms with Gasteiger partial charge in [-0.15, -0.1) is 0 Å². The van der Waals surface area contributed by atoms with Crippen molar-refractivity contribution in [1.29, 1.82) is 0 Å². The standard InChI is InChI=1S/C27H19ClF2N6O/c28-20-10-9-18(13-21(20)30)31-27-26(16-5-7-17(29)8-6-16)32-24-15-35(11-12-36(24)27)25(37)14-23-19-3-1-2-4-22(19)33-34-23/h1-13,31H,14-15H2,(H,33,34). The van der Waals surface area contributed by atoms with Gasteiger partial charge >= 0.3 is 0 Å². The van der Waals surface area contributed by atoms with Crippen LogP contribution in [-0.2, 0) is 17.8 Å². The molecule has 0 bridgehead atoms. The highest BCUT2D eigenvalue weighted by molar-refractivity contribution is 6.30. The van der Waals surface area contributed by atoms with Crippen LogP contribution in [0.25, 0.3) is 28.4 Å². The summed E-state index contributed by atoms with van der Waals surface area (Å²) in [7, 11) is 0. The molecule has 2 aromatic heterocycles. The summed E-state index contributed by atoms with van der Waals surface area (Å²) in [6.07, 6.45) is 3.54. The maximum absolute atomic E-state index is 14.1. The molecule has 0 saturated heterocycles. The predicted octanol–water partition coefficient (Wildman–Crippen LogP) is 6.11. The van der Waals surface area contributed by atoms with Crippen LogP contribution in [0, 0.1) is 11.6 Å². The first-order valence-corrected chi connectivity index (χ1v) is 11.8. The molecule has 0 spiro atoms. The molecule has 6 rings (SSSR count). The minimum absolute atomic E-state index is 0.0127. The number of aromatic nitrogens is 4. The van der Waals surface area contributed by atoms with Crippen molar-refractivity contribution < 1.29 is 13.6 Å². The molecular formula is C27H19ClF2N6O. The lowest BCUT2D eigenvalue weighted by Crippen LogP contribution is -2.30. The van der Waals surface area contributed by atoms with E-state index in [0.717, 1.165) is 16.6 Å². The number of para-hydroxylation sites is 1. The maximum atomic E-state index is 14.1. The van der Waals surface area contributed by atoms with Crippen LogP contribution in [0.3, 0.4) is 0 Å². The van der Waals surface area contributed by atoms with Gasteiger partial charge in [0.1, 0.15) is 29.0 Å². The van der Waals surface area contributed by atoms with Gasteiger partial charge in [-0.1, -0.05) is 29.8 Å². The highest BCUT2D eigenvalue weighted by atomic mass is 35.5. The van der Waals surface area contributed by atoms with Crippen LogP contribution in [0.1, 0.15) is 11.5 Å². The molecule has 1 aliphatic rings. The van der Waals surface area contributed by atoms with E-state index in [0.29, 0.717) is 28.6 Å². The minimum Gasteiger partial charge on any atom is -0.339 e. The Morgan fingerprint density at radius 1 is 1.05 bits per heavy atom. The van der Waals surface area contributed by atoms with Crippen LogP contribution < -0.4 is 5.32 Å². The number of halogens is 3. The Morgan fingerprint density at radius 3 is 2.68 bits per heavy atom. The van der Waals surface area contributed by atoms with Gasteiger partial charge in [-0.25, -0.2) is 13.8 Å². The Kier molecular flexibility index (Phi) is 5.69. The average molecular weight is 517 g/mol. The second-order valence-electron chi connectivity index (χ2n) is 8.57. The summed E-state index contributed by atoms with van der Waals surface area (Å²) in [5.74, 6) is 0.0716. The van der Waals surface area contributed by atoms with E-state index in [-0.39, 0.29) is 29.7 Å². The lowest BCUT2D eigenvalue weighted by Gasteiger charge is -2.23. The summed E-state index contributed by atoms with van der Waals surface area (Å²) in [6.45, 7) is 0.215. The van der Waals surface area contributed by atoms with Gasteiger partial charge in [0, 0.05) is 29.0 Å². The molecule has 1 amide bonds. The van der Waals surface area contributed by atoms with Crippen molar-refractivity contribution in [2.45, 2.75) is 13.0 Å². The fourth-order valence-corrected chi connectivity index (χ4v) is 4.43. The zero-order valence-corrected chi connectivity index (χ0v) is 20.0. The highest BCUT2D eigenvalue weighted by Crippen LogP contribution is 2.34. The lowest BCUT2D eigenvalue weighted by molar-refractivity contribution is -0.128. The van der Waals surface area contributed by atoms with Crippen molar-refractivity contribution in [3.63, 3.8) is 0 Å². The molecule has 5 aromatic rings. The molecule has 0 fully saturated rings. The molecule has 2 N–H and O–H groups in total. The molecule has 3 aromatic carbocycles. The number of imidazole rings is 1. The summed E-state index contributed by atoms with van der Waals surface area (Å²) in [6, 6.07) is 17.9. The zero-order valence-electron chi connectivity index (χ0n) is 19.3. The maximum Gasteiger partial charge on any atom is 0.232 e. The van der Waals surface area contributed by atoms with Gasteiger partial charge in [-0.2, -0.15) is 5.10 Å². The molecule has 37 heavy (non-hydrogen) atoms. The van der Waals surface area contributed by atoms with Crippen molar-refractivity contribution in [3.05, 3.63) is 101 Å². The van der Waals surface area contributed by atoms with Crippen LogP contribution in [-0.4, -0.2) is 30.6 Å². The number of carbonyl (C=O) groups is 1. The number of carbonyl (C=O) groups excluding carboxylic acids is 1. The Morgan fingerprint density at radius 2 is 1.86 bits per heavy atom. The lowest BCUT2D eigenvalue weighted by atomic mass is 10.1. The van der Waals surface area contributed by atoms with Crippen LogP contribution in [0.15, 0.2) is 72.9 Å². The van der Waals surface area contributed by atoms with E-state index in [1.165, 1.54) is 24.3 Å². The van der Waals surface area contributed by atoms with Crippen molar-refractivity contribution in [2.75, 3.05) is 5.32 Å². The van der Waals surface area contributed by atoms with Crippen molar-refractivity contribution >= 4 is 46.1 Å². The molecular weight excluding hydrogens is 498 g/mol. The molecule has 0 radical (unpaired) electrons. The quantitative estimate of drug-likeness (QED) is 0.295. The number of fused-ring (bicyclic) bond motifs is 2. The number of nitrogens with zero attached hydrogens (tertiary/aromatic N) is 4. The van der Waals surface area contributed by atoms with Gasteiger partial charge in [0.15, 0.2) is 0 Å². The third kappa shape index (κ3) is 4.34. The number of benzene rings is 3. The van der Waals surface area contributed by atoms with E-state index < -0.39 is 5.82 Å². The molecule has 0 saturated carbocycles. The summed E-state index contributed by atoms with van der Waals surface area (Å²) in [5, 5.41) is 11.3. The predicted molar refractivity (Wildman–Crippen MR) is 138 cm³/mol. The molecule has 7 nitrogen and oxygen atoms in total. The fraction of sp³-hybridized carbons (Fsp3) is 0.0741. The largest absolute Gasteiger partial charge is 0.339 e. The smallest absolute Gasteiger partial charge is 0.232 e. The van der Waals surface area contributed by atoms with Gasteiger partial charge in [-0.3, -0.25) is 14.5 Å². The Bertz CT molecular complexity index is 1670. The van der Waals surface area contributed by atoms with Crippen molar-refractivity contribution in [2.24, 2.45) is 0 Å². The highest BCUT2D eigenvalue weighted by Gasteiger charge is 2.25. The van der Waals surface area contributed by atoms with E-state index in [1.54, 1.807) is 40.1 Å². The Labute approximate surface area is 215 Å². The van der Waals surface area contributed by atoms with Gasteiger partial charge < -0.3 is 10.2 Å². The molecule has 0 atom stereocenters. The van der Waals surface area contributed by atoms with E-state index >= 15 is 0 Å². The second kappa shape index (κ2) is 9.18. The average Bonchev–Trinajstić information content (AvgIpc) is 3.48. The van der Waals surface area contributed by atoms with Gasteiger partial charge in [-0.05, 0) is 48.5 Å². The van der Waals surface area contributed by atoms with Gasteiger partial charge in [0.05, 0.1) is 29.2 Å². The topological polar surface area (TPSA) is 78.8 Å². The number of rotatable bonds is 5. The number of nitrogens with one attached hydrogen (secondary N) is 2. The fourth-order valence-electron chi connectivity index (χ4n) is 4.32. The molecule has 184 valence electrons. The van der Waals surface area contributed by atoms with E-state index in [1.807, 2.05) is 24.3 Å². The number of amides is 1. The molecule has 10 heteroatoms. The first-order chi connectivity index (χ1) is 18.0. The normalized spacial score (nSPS) is 12.7. The second-order valence-corrected chi connectivity index (χ2v) is 8.98. The monoisotopic (exact) mass is 516 g/mol. The number of H-pyrrole nitrogens is 1. The third-order valence-electron chi connectivity index (χ3n) is 6.18. The molecule has 0 aliphatic carbocycles. The van der Waals surface area contributed by atoms with E-state index in [4.69, 9.17) is 16.6 Å². The molecule has 3 heterocycles. The van der Waals surface area contributed by atoms with Crippen molar-refractivity contribution in [3.8, 4) is 11.3 Å². The number of anilines is 2. The number of aromatic amines is 1. The third-order valence-corrected chi connectivity index (χ3v) is 6.49. The summed E-state index contributed by atoms with van der Waals surface area (Å²) >= 11 is 5.84. The first kappa shape index (κ1) is 22.9. The van der Waals surface area contributed by atoms with Gasteiger partial charge in [0.25, 0.3) is 0 Å². The van der Waals surface area contributed by atoms with Crippen LogP contribution in [0.4, 0.5) is 20.3 Å². The molecule has 1 aliphatic heterocycles. The summed E-state index contributed by atoms with van der Waals surface area (Å²) in [5.41, 5.74) is 3.20. The summed E-state index contributed by atoms with van der Waals surface area (Å²) in [4.78, 5) is 19.5. The Balaban J connectivity index is 1.32. The Hall–Kier alpha value is -4.50. The minimum atomic E-state index is -0.563. The first-order valence-electron chi connectivity index (χ1n) is 11.4. The van der Waals surface area contributed by atoms with E-state index in [9.17, 15) is 13.6 Å². The molecule has 0 unspecified atom stereocenters. The van der Waals surface area contributed by atoms with Crippen LogP contribution >= 0.6 is 11.6 Å². The SMILES string of the molecule is O=C(Cc1[nH]nc2ccccc12)N1C=Cn2c(nc(-c3ccc(F)cc3)c2Nc2ccc(Cl)c(F)c2)C1. The zero-order chi connectivity index (χ0) is 25.5. The van der Waals surface area contributed by atoms with Crippen molar-refractivity contribution in [1.82, 2.24) is 24.6 Å². The number of hydrogen-bond donors (Lipinski definition) is 2. The van der Waals surface area contributed by atoms with Crippen LogP contribution in [0.5, 0.6) is 0 Å². The van der Waals surface area contributed by atoms with Gasteiger partial charge in [0.2, 0.25) is 5.91 Å². The van der Waals surface area contributed by atoms with E-state index in [2.05, 4.69) is 15.5 Å². The van der Waals surface area contributed by atoms with Crippen LogP contribution in [0.2, 0.25) is 5.02 Å². The summed E-state index contributed by atoms with van der Waals surface area (Å²) < 4.78 is 29.5. The number of hydrogen-bond acceptors (Lipinski definition) is 4.